The monoisotopic (exact) mass is 448 g/mol. The molecule has 1 unspecified atom stereocenters. The molecule has 0 aromatic rings. The van der Waals surface area contributed by atoms with Crippen LogP contribution in [0.2, 0.25) is 0 Å². The van der Waals surface area contributed by atoms with Gasteiger partial charge in [-0.05, 0) is 80.5 Å². The van der Waals surface area contributed by atoms with Crippen LogP contribution in [0, 0.1) is 34.5 Å². The second kappa shape index (κ2) is 6.26. The van der Waals surface area contributed by atoms with Crippen LogP contribution >= 0.6 is 15.9 Å². The molecule has 0 bridgehead atoms. The fourth-order valence-electron chi connectivity index (χ4n) is 7.23. The van der Waals surface area contributed by atoms with Gasteiger partial charge in [-0.1, -0.05) is 29.8 Å². The predicted octanol–water partition coefficient (Wildman–Crippen LogP) is 4.16. The minimum atomic E-state index is -4.38. The fraction of sp³-hybridized carbons (Fsp3) is 0.947. The number of carbonyl (C=O) groups is 1. The number of hydrogen-bond donors (Lipinski definition) is 1. The number of hydrogen-bond acceptors (Lipinski definition) is 4. The molecule has 0 aromatic heterocycles. The highest BCUT2D eigenvalue weighted by Crippen LogP contribution is 2.66. The molecule has 4 saturated carbocycles. The zero-order valence-electron chi connectivity index (χ0n) is 15.5. The molecule has 0 spiro atoms. The van der Waals surface area contributed by atoms with E-state index in [1.165, 1.54) is 0 Å². The Morgan fingerprint density at radius 3 is 2.50 bits per heavy atom. The molecule has 148 valence electrons. The Bertz CT molecular complexity index is 709. The van der Waals surface area contributed by atoms with Crippen molar-refractivity contribution in [3.8, 4) is 0 Å². The highest BCUT2D eigenvalue weighted by atomic mass is 79.9. The van der Waals surface area contributed by atoms with Crippen molar-refractivity contribution in [3.05, 3.63) is 0 Å². The molecule has 26 heavy (non-hydrogen) atoms. The van der Waals surface area contributed by atoms with E-state index < -0.39 is 16.5 Å². The molecule has 4 fully saturated rings. The lowest BCUT2D eigenvalue weighted by molar-refractivity contribution is -0.141. The summed E-state index contributed by atoms with van der Waals surface area (Å²) in [6, 6.07) is 0. The molecular weight excluding hydrogens is 420 g/mol. The third-order valence-electron chi connectivity index (χ3n) is 8.57. The smallest absolute Gasteiger partial charge is 0.298 e. The maximum atomic E-state index is 12.7. The van der Waals surface area contributed by atoms with Crippen LogP contribution in [0.4, 0.5) is 0 Å². The van der Waals surface area contributed by atoms with Crippen molar-refractivity contribution in [2.24, 2.45) is 34.5 Å². The Hall–Kier alpha value is 0.0200. The summed E-state index contributed by atoms with van der Waals surface area (Å²) in [6.45, 7) is 4.56. The first-order valence-corrected chi connectivity index (χ1v) is 12.2. The lowest BCUT2D eigenvalue weighted by atomic mass is 9.45. The highest BCUT2D eigenvalue weighted by Gasteiger charge is 2.62. The van der Waals surface area contributed by atoms with E-state index in [9.17, 15) is 13.2 Å². The molecule has 8 atom stereocenters. The van der Waals surface area contributed by atoms with Crippen molar-refractivity contribution in [3.63, 3.8) is 0 Å². The first-order valence-electron chi connectivity index (χ1n) is 9.89. The Morgan fingerprint density at radius 1 is 1.08 bits per heavy atom. The molecule has 4 aliphatic rings. The highest BCUT2D eigenvalue weighted by molar-refractivity contribution is 9.10. The van der Waals surface area contributed by atoms with E-state index in [1.54, 1.807) is 0 Å². The van der Waals surface area contributed by atoms with Gasteiger partial charge in [0.25, 0.3) is 0 Å². The van der Waals surface area contributed by atoms with Gasteiger partial charge in [-0.2, -0.15) is 8.42 Å². The van der Waals surface area contributed by atoms with Gasteiger partial charge in [0.05, 0.1) is 10.9 Å². The van der Waals surface area contributed by atoms with Crippen molar-refractivity contribution in [1.29, 1.82) is 0 Å². The summed E-state index contributed by atoms with van der Waals surface area (Å²) in [5.41, 5.74) is 0.0284. The third-order valence-corrected chi connectivity index (χ3v) is 9.88. The number of fused-ring (bicyclic) bond motifs is 5. The summed E-state index contributed by atoms with van der Waals surface area (Å²) in [7, 11) is -4.38. The van der Waals surface area contributed by atoms with Gasteiger partial charge in [0.2, 0.25) is 0 Å². The van der Waals surface area contributed by atoms with Crippen molar-refractivity contribution >= 4 is 32.1 Å². The molecular formula is C19H29BrO5S. The first-order chi connectivity index (χ1) is 12.0. The van der Waals surface area contributed by atoms with Gasteiger partial charge in [0, 0.05) is 5.41 Å². The summed E-state index contributed by atoms with van der Waals surface area (Å²) >= 11 is 3.62. The lowest BCUT2D eigenvalue weighted by Crippen LogP contribution is -2.54. The van der Waals surface area contributed by atoms with E-state index in [0.29, 0.717) is 42.3 Å². The maximum Gasteiger partial charge on any atom is 0.397 e. The van der Waals surface area contributed by atoms with Crippen molar-refractivity contribution in [2.75, 3.05) is 0 Å². The zero-order chi connectivity index (χ0) is 18.9. The average molecular weight is 449 g/mol. The van der Waals surface area contributed by atoms with Crippen molar-refractivity contribution < 1.29 is 21.9 Å². The van der Waals surface area contributed by atoms with Gasteiger partial charge in [-0.25, -0.2) is 4.18 Å². The van der Waals surface area contributed by atoms with Crippen molar-refractivity contribution in [2.45, 2.75) is 76.1 Å². The largest absolute Gasteiger partial charge is 0.397 e. The van der Waals surface area contributed by atoms with E-state index in [0.717, 1.165) is 38.5 Å². The summed E-state index contributed by atoms with van der Waals surface area (Å²) in [6.07, 6.45) is 7.16. The molecule has 4 aliphatic carbocycles. The molecule has 7 heteroatoms. The Labute approximate surface area is 164 Å². The van der Waals surface area contributed by atoms with Crippen molar-refractivity contribution in [1.82, 2.24) is 0 Å². The Balaban J connectivity index is 1.55. The first kappa shape index (κ1) is 19.3. The molecule has 0 aromatic carbocycles. The van der Waals surface area contributed by atoms with E-state index in [1.807, 2.05) is 0 Å². The SMILES string of the molecule is C[C@]12CC[C@H](OS(=O)(=O)O)CC1CC[C@@H]1[C@@H]2CC[C@]2(C)C(=O)[C@H](Br)C[C@@H]12. The summed E-state index contributed by atoms with van der Waals surface area (Å²) in [4.78, 5) is 12.7. The van der Waals surface area contributed by atoms with Crippen LogP contribution in [0.5, 0.6) is 0 Å². The van der Waals surface area contributed by atoms with E-state index in [2.05, 4.69) is 29.8 Å². The van der Waals surface area contributed by atoms with Gasteiger partial charge >= 0.3 is 10.4 Å². The van der Waals surface area contributed by atoms with Crippen LogP contribution in [0.1, 0.15) is 65.2 Å². The molecule has 1 N–H and O–H groups in total. The molecule has 0 aliphatic heterocycles. The van der Waals surface area contributed by atoms with Gasteiger partial charge < -0.3 is 0 Å². The van der Waals surface area contributed by atoms with Gasteiger partial charge in [0.1, 0.15) is 0 Å². The van der Waals surface area contributed by atoms with Crippen LogP contribution in [-0.2, 0) is 19.4 Å². The molecule has 0 amide bonds. The minimum absolute atomic E-state index is 0.0145. The molecule has 0 heterocycles. The average Bonchev–Trinajstić information content (AvgIpc) is 2.77. The fourth-order valence-corrected chi connectivity index (χ4v) is 8.67. The number of carbonyl (C=O) groups excluding carboxylic acids is 1. The maximum absolute atomic E-state index is 12.7. The van der Waals surface area contributed by atoms with Crippen LogP contribution in [-0.4, -0.2) is 29.7 Å². The molecule has 4 rings (SSSR count). The zero-order valence-corrected chi connectivity index (χ0v) is 17.9. The van der Waals surface area contributed by atoms with Gasteiger partial charge in [-0.3, -0.25) is 9.35 Å². The quantitative estimate of drug-likeness (QED) is 0.506. The van der Waals surface area contributed by atoms with Crippen LogP contribution in [0.15, 0.2) is 0 Å². The molecule has 5 nitrogen and oxygen atoms in total. The number of Topliss-reactive ketones (excluding diaryl/α,β-unsaturated/α-hetero) is 1. The normalized spacial score (nSPS) is 51.5. The molecule has 0 saturated heterocycles. The number of alkyl halides is 1. The van der Waals surface area contributed by atoms with Gasteiger partial charge in [0.15, 0.2) is 5.78 Å². The number of halogens is 1. The third kappa shape index (κ3) is 2.92. The summed E-state index contributed by atoms with van der Waals surface area (Å²) < 4.78 is 36.1. The standard InChI is InChI=1S/C19H29BrO5S/c1-18-7-5-12(25-26(22,23)24)9-11(18)3-4-13-14(18)6-8-19(2)15(13)10-16(20)17(19)21/h11-16H,3-10H2,1-2H3,(H,22,23,24)/t11?,12-,13+,14-,15-,16+,18-,19-/m0/s1. The van der Waals surface area contributed by atoms with E-state index in [4.69, 9.17) is 8.74 Å². The second-order valence-electron chi connectivity index (χ2n) is 9.60. The lowest BCUT2D eigenvalue weighted by Gasteiger charge is -2.60. The van der Waals surface area contributed by atoms with E-state index in [-0.39, 0.29) is 15.7 Å². The van der Waals surface area contributed by atoms with Crippen LogP contribution in [0.25, 0.3) is 0 Å². The topological polar surface area (TPSA) is 80.7 Å². The van der Waals surface area contributed by atoms with Crippen LogP contribution < -0.4 is 0 Å². The van der Waals surface area contributed by atoms with Gasteiger partial charge in [-0.15, -0.1) is 0 Å². The second-order valence-corrected chi connectivity index (χ2v) is 11.8. The van der Waals surface area contributed by atoms with Crippen LogP contribution in [0.3, 0.4) is 0 Å². The summed E-state index contributed by atoms with van der Waals surface area (Å²) in [5, 5.41) is 0. The minimum Gasteiger partial charge on any atom is -0.298 e. The number of rotatable bonds is 2. The Kier molecular flexibility index (Phi) is 4.66. The number of ketones is 1. The predicted molar refractivity (Wildman–Crippen MR) is 101 cm³/mol. The molecule has 0 radical (unpaired) electrons. The van der Waals surface area contributed by atoms with E-state index >= 15 is 0 Å². The summed E-state index contributed by atoms with van der Waals surface area (Å²) in [5.74, 6) is 2.52. The Morgan fingerprint density at radius 2 is 1.81 bits per heavy atom.